The van der Waals surface area contributed by atoms with E-state index in [1.807, 2.05) is 0 Å². The second-order valence-electron chi connectivity index (χ2n) is 5.34. The van der Waals surface area contributed by atoms with Crippen LogP contribution in [-0.4, -0.2) is 36.5 Å². The van der Waals surface area contributed by atoms with E-state index in [9.17, 15) is 9.18 Å². The fourth-order valence-corrected chi connectivity index (χ4v) is 3.58. The van der Waals surface area contributed by atoms with Crippen LogP contribution in [0.25, 0.3) is 0 Å². The number of carbonyl (C=O) groups excluding carboxylic acids is 1. The molecule has 102 valence electrons. The van der Waals surface area contributed by atoms with Gasteiger partial charge >= 0.3 is 0 Å². The Bertz CT molecular complexity index is 500. The van der Waals surface area contributed by atoms with Gasteiger partial charge in [-0.15, -0.1) is 0 Å². The van der Waals surface area contributed by atoms with E-state index in [1.165, 1.54) is 18.2 Å². The summed E-state index contributed by atoms with van der Waals surface area (Å²) in [5, 5.41) is 3.09. The first-order valence-corrected chi connectivity index (χ1v) is 7.41. The minimum absolute atomic E-state index is 0.120. The van der Waals surface area contributed by atoms with Crippen molar-refractivity contribution in [2.75, 3.05) is 19.6 Å². The first-order chi connectivity index (χ1) is 9.13. The summed E-state index contributed by atoms with van der Waals surface area (Å²) in [7, 11) is 0. The zero-order valence-electron chi connectivity index (χ0n) is 10.5. The molecule has 3 nitrogen and oxygen atoms in total. The number of benzene rings is 1. The lowest BCUT2D eigenvalue weighted by molar-refractivity contribution is 0.0620. The molecule has 1 atom stereocenters. The molecule has 3 aliphatic heterocycles. The molecule has 0 radical (unpaired) electrons. The van der Waals surface area contributed by atoms with Crippen LogP contribution in [0.3, 0.4) is 0 Å². The topological polar surface area (TPSA) is 32.3 Å². The molecule has 1 aromatic rings. The number of carbonyl (C=O) groups is 1. The molecule has 1 N–H and O–H groups in total. The fourth-order valence-electron chi connectivity index (χ4n) is 3.05. The standard InChI is InChI=1S/C14H16BrFN2O/c15-12-7-10(16)1-2-11(12)14(19)17-13-8-18-5-3-9(13)4-6-18/h1-2,7,9,13H,3-6,8H2,(H,17,19). The number of fused-ring (bicyclic) bond motifs is 3. The number of hydrogen-bond acceptors (Lipinski definition) is 2. The first kappa shape index (κ1) is 13.1. The van der Waals surface area contributed by atoms with Gasteiger partial charge in [0.15, 0.2) is 0 Å². The summed E-state index contributed by atoms with van der Waals surface area (Å²) in [6.07, 6.45) is 2.32. The molecule has 1 amide bonds. The highest BCUT2D eigenvalue weighted by Gasteiger charge is 2.35. The number of piperidine rings is 3. The van der Waals surface area contributed by atoms with Gasteiger partial charge in [-0.2, -0.15) is 0 Å². The summed E-state index contributed by atoms with van der Waals surface area (Å²) in [5.74, 6) is 0.130. The molecule has 3 heterocycles. The second-order valence-corrected chi connectivity index (χ2v) is 6.20. The largest absolute Gasteiger partial charge is 0.348 e. The zero-order chi connectivity index (χ0) is 13.4. The molecule has 1 unspecified atom stereocenters. The second kappa shape index (κ2) is 5.21. The lowest BCUT2D eigenvalue weighted by Gasteiger charge is -2.44. The third kappa shape index (κ3) is 2.67. The van der Waals surface area contributed by atoms with Gasteiger partial charge in [0, 0.05) is 17.1 Å². The van der Waals surface area contributed by atoms with Crippen LogP contribution in [-0.2, 0) is 0 Å². The molecule has 3 aliphatic rings. The van der Waals surface area contributed by atoms with Gasteiger partial charge < -0.3 is 10.2 Å². The maximum absolute atomic E-state index is 13.0. The summed E-state index contributed by atoms with van der Waals surface area (Å²) in [4.78, 5) is 14.6. The van der Waals surface area contributed by atoms with Gasteiger partial charge in [0.2, 0.25) is 0 Å². The van der Waals surface area contributed by atoms with Crippen molar-refractivity contribution in [2.45, 2.75) is 18.9 Å². The van der Waals surface area contributed by atoms with Gasteiger partial charge in [0.1, 0.15) is 5.82 Å². The lowest BCUT2D eigenvalue weighted by atomic mass is 9.84. The monoisotopic (exact) mass is 326 g/mol. The minimum Gasteiger partial charge on any atom is -0.348 e. The molecule has 0 saturated carbocycles. The number of rotatable bonds is 2. The van der Waals surface area contributed by atoms with E-state index in [2.05, 4.69) is 26.1 Å². The Morgan fingerprint density at radius 1 is 1.37 bits per heavy atom. The van der Waals surface area contributed by atoms with Crippen LogP contribution in [0.4, 0.5) is 4.39 Å². The first-order valence-electron chi connectivity index (χ1n) is 6.62. The number of halogens is 2. The van der Waals surface area contributed by atoms with Crippen molar-refractivity contribution >= 4 is 21.8 Å². The number of amides is 1. The molecule has 2 bridgehead atoms. The van der Waals surface area contributed by atoms with Crippen molar-refractivity contribution in [1.82, 2.24) is 10.2 Å². The summed E-state index contributed by atoms with van der Waals surface area (Å²) in [5.41, 5.74) is 0.498. The van der Waals surface area contributed by atoms with E-state index in [4.69, 9.17) is 0 Å². The predicted molar refractivity (Wildman–Crippen MR) is 74.5 cm³/mol. The van der Waals surface area contributed by atoms with Crippen LogP contribution < -0.4 is 5.32 Å². The Balaban J connectivity index is 1.71. The van der Waals surface area contributed by atoms with Gasteiger partial charge in [0.05, 0.1) is 5.56 Å². The van der Waals surface area contributed by atoms with E-state index in [0.29, 0.717) is 16.0 Å². The highest BCUT2D eigenvalue weighted by atomic mass is 79.9. The minimum atomic E-state index is -0.341. The molecular weight excluding hydrogens is 311 g/mol. The smallest absolute Gasteiger partial charge is 0.252 e. The molecule has 5 heteroatoms. The van der Waals surface area contributed by atoms with Crippen molar-refractivity contribution in [2.24, 2.45) is 5.92 Å². The summed E-state index contributed by atoms with van der Waals surface area (Å²) < 4.78 is 13.5. The fraction of sp³-hybridized carbons (Fsp3) is 0.500. The SMILES string of the molecule is O=C(NC1CN2CCC1CC2)c1ccc(F)cc1Br. The Labute approximate surface area is 120 Å². The van der Waals surface area contributed by atoms with Crippen molar-refractivity contribution in [3.63, 3.8) is 0 Å². The summed E-state index contributed by atoms with van der Waals surface area (Å²) in [6.45, 7) is 3.24. The Hall–Kier alpha value is -0.940. The number of nitrogens with zero attached hydrogens (tertiary/aromatic N) is 1. The number of nitrogens with one attached hydrogen (secondary N) is 1. The average molecular weight is 327 g/mol. The van der Waals surface area contributed by atoms with E-state index < -0.39 is 0 Å². The summed E-state index contributed by atoms with van der Waals surface area (Å²) >= 11 is 3.24. The van der Waals surface area contributed by atoms with Gasteiger partial charge in [0.25, 0.3) is 5.91 Å². The third-order valence-electron chi connectivity index (χ3n) is 4.15. The van der Waals surface area contributed by atoms with Crippen LogP contribution >= 0.6 is 15.9 Å². The maximum atomic E-state index is 13.0. The van der Waals surface area contributed by atoms with E-state index in [0.717, 1.165) is 32.5 Å². The van der Waals surface area contributed by atoms with Crippen molar-refractivity contribution < 1.29 is 9.18 Å². The van der Waals surface area contributed by atoms with Crippen molar-refractivity contribution in [3.05, 3.63) is 34.1 Å². The quantitative estimate of drug-likeness (QED) is 0.905. The molecule has 0 aliphatic carbocycles. The average Bonchev–Trinajstić information content (AvgIpc) is 2.39. The molecule has 3 saturated heterocycles. The van der Waals surface area contributed by atoms with Crippen LogP contribution in [0.1, 0.15) is 23.2 Å². The Morgan fingerprint density at radius 3 is 2.68 bits per heavy atom. The third-order valence-corrected chi connectivity index (χ3v) is 4.80. The van der Waals surface area contributed by atoms with Gasteiger partial charge in [-0.05, 0) is 66.0 Å². The van der Waals surface area contributed by atoms with Gasteiger partial charge in [-0.3, -0.25) is 4.79 Å². The molecule has 0 spiro atoms. The Morgan fingerprint density at radius 2 is 2.11 bits per heavy atom. The molecule has 19 heavy (non-hydrogen) atoms. The van der Waals surface area contributed by atoms with Crippen LogP contribution in [0.5, 0.6) is 0 Å². The van der Waals surface area contributed by atoms with E-state index in [-0.39, 0.29) is 17.8 Å². The highest BCUT2D eigenvalue weighted by Crippen LogP contribution is 2.28. The normalized spacial score (nSPS) is 29.3. The van der Waals surface area contributed by atoms with E-state index >= 15 is 0 Å². The highest BCUT2D eigenvalue weighted by molar-refractivity contribution is 9.10. The molecule has 0 aromatic heterocycles. The molecule has 3 fully saturated rings. The van der Waals surface area contributed by atoms with Crippen molar-refractivity contribution in [3.8, 4) is 0 Å². The predicted octanol–water partition coefficient (Wildman–Crippen LogP) is 2.41. The molecular formula is C14H16BrFN2O. The Kier molecular flexibility index (Phi) is 3.58. The van der Waals surface area contributed by atoms with Crippen molar-refractivity contribution in [1.29, 1.82) is 0 Å². The molecule has 4 rings (SSSR count). The van der Waals surface area contributed by atoms with Gasteiger partial charge in [-0.1, -0.05) is 0 Å². The maximum Gasteiger partial charge on any atom is 0.252 e. The molecule has 1 aromatic carbocycles. The van der Waals surface area contributed by atoms with Crippen LogP contribution in [0.15, 0.2) is 22.7 Å². The van der Waals surface area contributed by atoms with Crippen LogP contribution in [0, 0.1) is 11.7 Å². The van der Waals surface area contributed by atoms with E-state index in [1.54, 1.807) is 0 Å². The summed E-state index contributed by atoms with van der Waals surface area (Å²) in [6, 6.07) is 4.39. The van der Waals surface area contributed by atoms with Gasteiger partial charge in [-0.25, -0.2) is 4.39 Å². The number of hydrogen-bond donors (Lipinski definition) is 1. The lowest BCUT2D eigenvalue weighted by Crippen LogP contribution is -2.57. The zero-order valence-corrected chi connectivity index (χ0v) is 12.1. The van der Waals surface area contributed by atoms with Crippen LogP contribution in [0.2, 0.25) is 0 Å².